The lowest BCUT2D eigenvalue weighted by atomic mass is 9.90. The summed E-state index contributed by atoms with van der Waals surface area (Å²) < 4.78 is 0. The highest BCUT2D eigenvalue weighted by molar-refractivity contribution is 6.02. The maximum Gasteiger partial charge on any atom is 0.227 e. The number of ketones is 1. The molecule has 0 unspecified atom stereocenters. The Bertz CT molecular complexity index is 988. The van der Waals surface area contributed by atoms with Gasteiger partial charge in [-0.3, -0.25) is 9.59 Å². The van der Waals surface area contributed by atoms with Gasteiger partial charge >= 0.3 is 0 Å². The van der Waals surface area contributed by atoms with Gasteiger partial charge in [0.1, 0.15) is 11.7 Å². The van der Waals surface area contributed by atoms with Gasteiger partial charge < -0.3 is 4.90 Å². The normalized spacial score (nSPS) is 19.4. The number of amides is 1. The van der Waals surface area contributed by atoms with Gasteiger partial charge in [0.2, 0.25) is 5.91 Å². The van der Waals surface area contributed by atoms with E-state index in [9.17, 15) is 14.9 Å². The van der Waals surface area contributed by atoms with Crippen molar-refractivity contribution in [3.8, 4) is 6.07 Å². The summed E-state index contributed by atoms with van der Waals surface area (Å²) in [6.07, 6.45) is 3.41. The van der Waals surface area contributed by atoms with Crippen molar-refractivity contribution >= 4 is 17.4 Å². The molecule has 0 bridgehead atoms. The molecule has 0 saturated carbocycles. The molecule has 2 heterocycles. The number of aromatic nitrogens is 2. The smallest absolute Gasteiger partial charge is 0.227 e. The summed E-state index contributed by atoms with van der Waals surface area (Å²) in [6.45, 7) is 3.87. The number of benzene rings is 1. The summed E-state index contributed by atoms with van der Waals surface area (Å²) in [7, 11) is 0. The van der Waals surface area contributed by atoms with Crippen molar-refractivity contribution in [3.05, 3.63) is 52.6 Å². The number of carbonyl (C=O) groups excluding carboxylic acids is 2. The van der Waals surface area contributed by atoms with Crippen LogP contribution < -0.4 is 4.90 Å². The molecule has 1 aliphatic heterocycles. The largest absolute Gasteiger partial charge is 0.312 e. The molecule has 0 N–H and O–H groups in total. The van der Waals surface area contributed by atoms with Gasteiger partial charge in [-0.2, -0.15) is 5.26 Å². The number of rotatable bonds is 4. The summed E-state index contributed by atoms with van der Waals surface area (Å²) in [4.78, 5) is 35.8. The molecule has 2 aromatic rings. The first-order valence-electron chi connectivity index (χ1n) is 9.64. The predicted molar refractivity (Wildman–Crippen MR) is 104 cm³/mol. The minimum absolute atomic E-state index is 0.0666. The third-order valence-electron chi connectivity index (χ3n) is 5.62. The Morgan fingerprint density at radius 2 is 2.00 bits per heavy atom. The summed E-state index contributed by atoms with van der Waals surface area (Å²) >= 11 is 0. The minimum atomic E-state index is -0.974. The standard InChI is InChI=1S/C22H22N4O2/c1-13-8-20(25-14(2)24-13)19(11-23)22(28)17-10-21(27)26(12-17)18-7-6-15-4-3-5-16(15)9-18/h6-9,17,19H,3-5,10,12H2,1-2H3/t17-,19+/m0/s1. The van der Waals surface area contributed by atoms with Gasteiger partial charge in [0.25, 0.3) is 0 Å². The molecule has 142 valence electrons. The number of anilines is 1. The van der Waals surface area contributed by atoms with E-state index in [0.29, 0.717) is 18.1 Å². The Balaban J connectivity index is 1.56. The van der Waals surface area contributed by atoms with Crippen molar-refractivity contribution in [2.45, 2.75) is 45.4 Å². The van der Waals surface area contributed by atoms with E-state index in [-0.39, 0.29) is 18.1 Å². The number of Topliss-reactive ketones (excluding diaryl/α,β-unsaturated/α-hetero) is 1. The molecule has 2 atom stereocenters. The van der Waals surface area contributed by atoms with Crippen LogP contribution in [0.25, 0.3) is 0 Å². The summed E-state index contributed by atoms with van der Waals surface area (Å²) in [6, 6.07) is 9.89. The zero-order chi connectivity index (χ0) is 19.8. The predicted octanol–water partition coefficient (Wildman–Crippen LogP) is 2.81. The van der Waals surface area contributed by atoms with Crippen LogP contribution in [0, 0.1) is 31.1 Å². The van der Waals surface area contributed by atoms with Crippen LogP contribution in [0.1, 0.15) is 47.1 Å². The highest BCUT2D eigenvalue weighted by Crippen LogP contribution is 2.32. The van der Waals surface area contributed by atoms with Crippen LogP contribution in [0.4, 0.5) is 5.69 Å². The molecule has 1 saturated heterocycles. The summed E-state index contributed by atoms with van der Waals surface area (Å²) in [5, 5.41) is 9.62. The number of hydrogen-bond acceptors (Lipinski definition) is 5. The maximum atomic E-state index is 13.0. The Kier molecular flexibility index (Phi) is 4.68. The molecule has 2 aliphatic rings. The van der Waals surface area contributed by atoms with E-state index in [1.54, 1.807) is 17.9 Å². The molecule has 6 heteroatoms. The number of aryl methyl sites for hydroxylation is 4. The molecule has 0 spiro atoms. The number of nitriles is 1. The van der Waals surface area contributed by atoms with Gasteiger partial charge in [-0.25, -0.2) is 9.97 Å². The van der Waals surface area contributed by atoms with Gasteiger partial charge in [0.05, 0.1) is 11.8 Å². The Morgan fingerprint density at radius 1 is 1.21 bits per heavy atom. The van der Waals surface area contributed by atoms with E-state index in [0.717, 1.165) is 30.6 Å². The monoisotopic (exact) mass is 374 g/mol. The van der Waals surface area contributed by atoms with E-state index >= 15 is 0 Å². The van der Waals surface area contributed by atoms with E-state index in [2.05, 4.69) is 28.2 Å². The first kappa shape index (κ1) is 18.3. The van der Waals surface area contributed by atoms with Crippen LogP contribution in [0.2, 0.25) is 0 Å². The van der Waals surface area contributed by atoms with Gasteiger partial charge in [-0.15, -0.1) is 0 Å². The first-order valence-corrected chi connectivity index (χ1v) is 9.64. The summed E-state index contributed by atoms with van der Waals surface area (Å²) in [5.41, 5.74) is 4.63. The highest BCUT2D eigenvalue weighted by atomic mass is 16.2. The molecule has 0 radical (unpaired) electrons. The molecule has 1 aromatic carbocycles. The molecular weight excluding hydrogens is 352 g/mol. The van der Waals surface area contributed by atoms with E-state index in [1.165, 1.54) is 11.1 Å². The van der Waals surface area contributed by atoms with Crippen molar-refractivity contribution in [2.24, 2.45) is 5.92 Å². The van der Waals surface area contributed by atoms with E-state index in [1.807, 2.05) is 13.0 Å². The van der Waals surface area contributed by atoms with E-state index in [4.69, 9.17) is 0 Å². The fourth-order valence-corrected chi connectivity index (χ4v) is 4.28. The molecule has 4 rings (SSSR count). The average Bonchev–Trinajstić information content (AvgIpc) is 3.27. The van der Waals surface area contributed by atoms with Crippen molar-refractivity contribution < 1.29 is 9.59 Å². The molecule has 1 aliphatic carbocycles. The van der Waals surface area contributed by atoms with Crippen molar-refractivity contribution in [1.29, 1.82) is 5.26 Å². The van der Waals surface area contributed by atoms with Crippen LogP contribution in [-0.2, 0) is 22.4 Å². The second-order valence-corrected chi connectivity index (χ2v) is 7.66. The second-order valence-electron chi connectivity index (χ2n) is 7.66. The van der Waals surface area contributed by atoms with Crippen molar-refractivity contribution in [1.82, 2.24) is 9.97 Å². The molecule has 28 heavy (non-hydrogen) atoms. The van der Waals surface area contributed by atoms with Gasteiger partial charge in [0.15, 0.2) is 5.78 Å². The minimum Gasteiger partial charge on any atom is -0.312 e. The highest BCUT2D eigenvalue weighted by Gasteiger charge is 2.39. The average molecular weight is 374 g/mol. The maximum absolute atomic E-state index is 13.0. The fourth-order valence-electron chi connectivity index (χ4n) is 4.28. The molecule has 1 aromatic heterocycles. The lowest BCUT2D eigenvalue weighted by Gasteiger charge is -2.18. The van der Waals surface area contributed by atoms with Crippen LogP contribution in [0.15, 0.2) is 24.3 Å². The van der Waals surface area contributed by atoms with Crippen LogP contribution in [-0.4, -0.2) is 28.2 Å². The molecule has 6 nitrogen and oxygen atoms in total. The Morgan fingerprint density at radius 3 is 2.75 bits per heavy atom. The van der Waals surface area contributed by atoms with Gasteiger partial charge in [-0.05, 0) is 62.4 Å². The lowest BCUT2D eigenvalue weighted by Crippen LogP contribution is -2.28. The van der Waals surface area contributed by atoms with Crippen LogP contribution >= 0.6 is 0 Å². The Labute approximate surface area is 164 Å². The number of nitrogens with zero attached hydrogens (tertiary/aromatic N) is 4. The topological polar surface area (TPSA) is 87.0 Å². The third kappa shape index (κ3) is 3.29. The Hall–Kier alpha value is -3.07. The second kappa shape index (κ2) is 7.16. The number of fused-ring (bicyclic) bond motifs is 1. The third-order valence-corrected chi connectivity index (χ3v) is 5.62. The first-order chi connectivity index (χ1) is 13.5. The van der Waals surface area contributed by atoms with Gasteiger partial charge in [0, 0.05) is 30.3 Å². The number of hydrogen-bond donors (Lipinski definition) is 0. The van der Waals surface area contributed by atoms with Gasteiger partial charge in [-0.1, -0.05) is 6.07 Å². The molecule has 1 fully saturated rings. The fraction of sp³-hybridized carbons (Fsp3) is 0.409. The number of carbonyl (C=O) groups is 2. The zero-order valence-electron chi connectivity index (χ0n) is 16.1. The summed E-state index contributed by atoms with van der Waals surface area (Å²) in [5.74, 6) is -1.25. The van der Waals surface area contributed by atoms with Crippen molar-refractivity contribution in [2.75, 3.05) is 11.4 Å². The van der Waals surface area contributed by atoms with Crippen LogP contribution in [0.5, 0.6) is 0 Å². The van der Waals surface area contributed by atoms with Crippen molar-refractivity contribution in [3.63, 3.8) is 0 Å². The molecule has 1 amide bonds. The lowest BCUT2D eigenvalue weighted by molar-refractivity contribution is -0.124. The zero-order valence-corrected chi connectivity index (χ0v) is 16.1. The quantitative estimate of drug-likeness (QED) is 0.821. The van der Waals surface area contributed by atoms with E-state index < -0.39 is 11.8 Å². The SMILES string of the molecule is Cc1cc([C@@H](C#N)C(=O)[C@H]2CC(=O)N(c3ccc4c(c3)CCC4)C2)nc(C)n1. The van der Waals surface area contributed by atoms with Crippen LogP contribution in [0.3, 0.4) is 0 Å². The molecular formula is C22H22N4O2.